The lowest BCUT2D eigenvalue weighted by Crippen LogP contribution is -2.30. The van der Waals surface area contributed by atoms with Crippen molar-refractivity contribution >= 4 is 18.3 Å². The normalized spacial score (nSPS) is 14.5. The average Bonchev–Trinajstić information content (AvgIpc) is 3.13. The first-order valence-electron chi connectivity index (χ1n) is 9.61. The van der Waals surface area contributed by atoms with E-state index < -0.39 is 0 Å². The molecular weight excluding hydrogens is 383 g/mol. The third kappa shape index (κ3) is 5.53. The van der Waals surface area contributed by atoms with E-state index in [2.05, 4.69) is 15.7 Å². The van der Waals surface area contributed by atoms with Crippen molar-refractivity contribution in [3.8, 4) is 5.69 Å². The molecule has 1 aromatic heterocycles. The van der Waals surface area contributed by atoms with Gasteiger partial charge in [0.15, 0.2) is 0 Å². The summed E-state index contributed by atoms with van der Waals surface area (Å²) in [7, 11) is 0. The minimum Gasteiger partial charge on any atom is -0.382 e. The predicted molar refractivity (Wildman–Crippen MR) is 109 cm³/mol. The van der Waals surface area contributed by atoms with E-state index in [4.69, 9.17) is 4.74 Å². The fourth-order valence-electron chi connectivity index (χ4n) is 3.45. The van der Waals surface area contributed by atoms with Crippen molar-refractivity contribution in [2.75, 3.05) is 32.8 Å². The van der Waals surface area contributed by atoms with E-state index in [-0.39, 0.29) is 30.0 Å². The molecule has 1 aromatic carbocycles. The number of piperidine rings is 1. The Morgan fingerprint density at radius 3 is 2.89 bits per heavy atom. The molecule has 1 saturated heterocycles. The Balaban J connectivity index is 0.00000280. The molecule has 8 heteroatoms. The summed E-state index contributed by atoms with van der Waals surface area (Å²) in [5, 5.41) is 10.7. The molecule has 2 aromatic rings. The fraction of sp³-hybridized carbons (Fsp3) is 0.500. The molecule has 0 aliphatic carbocycles. The number of carbonyl (C=O) groups is 1. The highest BCUT2D eigenvalue weighted by Crippen LogP contribution is 2.30. The van der Waals surface area contributed by atoms with Gasteiger partial charge in [-0.05, 0) is 57.5 Å². The van der Waals surface area contributed by atoms with Crippen molar-refractivity contribution in [3.63, 3.8) is 0 Å². The summed E-state index contributed by atoms with van der Waals surface area (Å²) >= 11 is 0. The van der Waals surface area contributed by atoms with E-state index in [9.17, 15) is 9.18 Å². The van der Waals surface area contributed by atoms with Crippen LogP contribution in [-0.4, -0.2) is 48.5 Å². The molecule has 3 rings (SSSR count). The fourth-order valence-corrected chi connectivity index (χ4v) is 3.45. The largest absolute Gasteiger partial charge is 0.382 e. The van der Waals surface area contributed by atoms with Crippen LogP contribution in [-0.2, 0) is 4.74 Å². The highest BCUT2D eigenvalue weighted by molar-refractivity contribution is 5.95. The third-order valence-electron chi connectivity index (χ3n) is 4.78. The Bertz CT molecular complexity index is 762. The lowest BCUT2D eigenvalue weighted by Gasteiger charge is -2.24. The number of nitrogens with one attached hydrogen (secondary N) is 2. The van der Waals surface area contributed by atoms with Crippen LogP contribution in [0.2, 0.25) is 0 Å². The van der Waals surface area contributed by atoms with Crippen molar-refractivity contribution in [1.82, 2.24) is 20.4 Å². The summed E-state index contributed by atoms with van der Waals surface area (Å²) in [5.74, 6) is -0.245. The highest BCUT2D eigenvalue weighted by atomic mass is 35.5. The van der Waals surface area contributed by atoms with Crippen molar-refractivity contribution in [1.29, 1.82) is 0 Å². The van der Waals surface area contributed by atoms with Crippen LogP contribution in [0.3, 0.4) is 0 Å². The maximum absolute atomic E-state index is 13.7. The summed E-state index contributed by atoms with van der Waals surface area (Å²) in [6.45, 7) is 5.60. The third-order valence-corrected chi connectivity index (χ3v) is 4.78. The summed E-state index contributed by atoms with van der Waals surface area (Å²) in [4.78, 5) is 12.8. The molecule has 0 spiro atoms. The molecule has 154 valence electrons. The van der Waals surface area contributed by atoms with Crippen LogP contribution in [0, 0.1) is 5.82 Å². The smallest absolute Gasteiger partial charge is 0.254 e. The van der Waals surface area contributed by atoms with Gasteiger partial charge in [-0.1, -0.05) is 6.07 Å². The van der Waals surface area contributed by atoms with E-state index >= 15 is 0 Å². The van der Waals surface area contributed by atoms with Crippen molar-refractivity contribution in [2.24, 2.45) is 0 Å². The van der Waals surface area contributed by atoms with Gasteiger partial charge in [-0.2, -0.15) is 5.10 Å². The maximum Gasteiger partial charge on any atom is 0.254 e. The van der Waals surface area contributed by atoms with Gasteiger partial charge >= 0.3 is 0 Å². The van der Waals surface area contributed by atoms with Gasteiger partial charge in [0.25, 0.3) is 5.91 Å². The lowest BCUT2D eigenvalue weighted by atomic mass is 9.91. The second-order valence-corrected chi connectivity index (χ2v) is 6.67. The average molecular weight is 411 g/mol. The van der Waals surface area contributed by atoms with Crippen molar-refractivity contribution < 1.29 is 13.9 Å². The summed E-state index contributed by atoms with van der Waals surface area (Å²) in [5.41, 5.74) is 2.07. The Labute approximate surface area is 171 Å². The molecular formula is C20H28ClFN4O2. The molecule has 28 heavy (non-hydrogen) atoms. The zero-order chi connectivity index (χ0) is 19.1. The van der Waals surface area contributed by atoms with E-state index in [1.807, 2.05) is 13.0 Å². The molecule has 6 nitrogen and oxygen atoms in total. The van der Waals surface area contributed by atoms with Gasteiger partial charge in [-0.3, -0.25) is 4.79 Å². The number of hydrogen-bond donors (Lipinski definition) is 2. The van der Waals surface area contributed by atoms with Crippen LogP contribution in [0.15, 0.2) is 30.5 Å². The van der Waals surface area contributed by atoms with Crippen molar-refractivity contribution in [2.45, 2.75) is 32.1 Å². The molecule has 1 aliphatic rings. The molecule has 1 amide bonds. The predicted octanol–water partition coefficient (Wildman–Crippen LogP) is 3.06. The summed E-state index contributed by atoms with van der Waals surface area (Å²) < 4.78 is 20.7. The SMILES string of the molecule is CCOCCCNC(=O)c1cnn(-c2cccc(F)c2)c1C1CCNCC1.Cl. The number of amides is 1. The van der Waals surface area contributed by atoms with Crippen LogP contribution in [0.25, 0.3) is 5.69 Å². The second kappa shape index (κ2) is 11.1. The number of nitrogens with zero attached hydrogens (tertiary/aromatic N) is 2. The first-order valence-corrected chi connectivity index (χ1v) is 9.61. The zero-order valence-corrected chi connectivity index (χ0v) is 16.9. The molecule has 0 radical (unpaired) electrons. The first kappa shape index (κ1) is 22.3. The molecule has 2 heterocycles. The number of aromatic nitrogens is 2. The molecule has 1 aliphatic heterocycles. The number of carbonyl (C=O) groups excluding carboxylic acids is 1. The summed E-state index contributed by atoms with van der Waals surface area (Å²) in [6, 6.07) is 6.32. The zero-order valence-electron chi connectivity index (χ0n) is 16.1. The minimum atomic E-state index is -0.318. The first-order chi connectivity index (χ1) is 13.2. The molecule has 0 bridgehead atoms. The Kier molecular flexibility index (Phi) is 8.89. The van der Waals surface area contributed by atoms with Gasteiger partial charge in [0.05, 0.1) is 23.1 Å². The number of hydrogen-bond acceptors (Lipinski definition) is 4. The molecule has 0 saturated carbocycles. The number of rotatable bonds is 8. The lowest BCUT2D eigenvalue weighted by molar-refractivity contribution is 0.0942. The molecule has 0 unspecified atom stereocenters. The molecule has 0 atom stereocenters. The van der Waals surface area contributed by atoms with E-state index in [1.165, 1.54) is 12.1 Å². The Hall–Kier alpha value is -1.96. The monoisotopic (exact) mass is 410 g/mol. The number of ether oxygens (including phenoxy) is 1. The van der Waals surface area contributed by atoms with Gasteiger partial charge in [-0.25, -0.2) is 9.07 Å². The molecule has 1 fully saturated rings. The van der Waals surface area contributed by atoms with Gasteiger partial charge < -0.3 is 15.4 Å². The van der Waals surface area contributed by atoms with Crippen LogP contribution < -0.4 is 10.6 Å². The van der Waals surface area contributed by atoms with Gasteiger partial charge in [0, 0.05) is 25.7 Å². The Morgan fingerprint density at radius 1 is 1.39 bits per heavy atom. The maximum atomic E-state index is 13.7. The standard InChI is InChI=1S/C20H27FN4O2.ClH/c1-2-27-12-4-9-23-20(26)18-14-24-25(17-6-3-5-16(21)13-17)19(18)15-7-10-22-11-8-15;/h3,5-6,13-15,22H,2,4,7-12H2,1H3,(H,23,26);1H. The van der Waals surface area contributed by atoms with Crippen LogP contribution in [0.1, 0.15) is 48.2 Å². The van der Waals surface area contributed by atoms with Crippen LogP contribution in [0.4, 0.5) is 4.39 Å². The topological polar surface area (TPSA) is 68.2 Å². The summed E-state index contributed by atoms with van der Waals surface area (Å²) in [6.07, 6.45) is 4.21. The number of halogens is 2. The minimum absolute atomic E-state index is 0. The van der Waals surface area contributed by atoms with Crippen LogP contribution >= 0.6 is 12.4 Å². The van der Waals surface area contributed by atoms with E-state index in [0.29, 0.717) is 31.0 Å². The molecule has 2 N–H and O–H groups in total. The van der Waals surface area contributed by atoms with Crippen LogP contribution in [0.5, 0.6) is 0 Å². The second-order valence-electron chi connectivity index (χ2n) is 6.67. The Morgan fingerprint density at radius 2 is 2.18 bits per heavy atom. The van der Waals surface area contributed by atoms with E-state index in [1.54, 1.807) is 16.9 Å². The highest BCUT2D eigenvalue weighted by Gasteiger charge is 2.27. The van der Waals surface area contributed by atoms with Gasteiger partial charge in [-0.15, -0.1) is 12.4 Å². The van der Waals surface area contributed by atoms with E-state index in [0.717, 1.165) is 38.0 Å². The van der Waals surface area contributed by atoms with Gasteiger partial charge in [0.1, 0.15) is 5.82 Å². The quantitative estimate of drug-likeness (QED) is 0.656. The van der Waals surface area contributed by atoms with Gasteiger partial charge in [0.2, 0.25) is 0 Å². The number of benzene rings is 1. The van der Waals surface area contributed by atoms with Crippen molar-refractivity contribution in [3.05, 3.63) is 47.5 Å².